The van der Waals surface area contributed by atoms with E-state index in [0.29, 0.717) is 11.6 Å². The monoisotopic (exact) mass is 351 g/mol. The number of hydrogen-bond acceptors (Lipinski definition) is 6. The molecule has 1 aliphatic rings. The first-order valence-electron chi connectivity index (χ1n) is 8.65. The van der Waals surface area contributed by atoms with Crippen LogP contribution in [0.2, 0.25) is 0 Å². The molecule has 2 aromatic rings. The molecule has 9 nitrogen and oxygen atoms in total. The van der Waals surface area contributed by atoms with Crippen LogP contribution in [0, 0.1) is 0 Å². The Labute approximate surface area is 144 Å². The maximum atomic E-state index is 12.7. The van der Waals surface area contributed by atoms with E-state index in [1.54, 1.807) is 11.6 Å². The molecular formula is C16H25N5O4. The van der Waals surface area contributed by atoms with E-state index < -0.39 is 24.0 Å². The van der Waals surface area contributed by atoms with Gasteiger partial charge in [-0.05, 0) is 12.8 Å². The predicted molar refractivity (Wildman–Crippen MR) is 94.0 cm³/mol. The zero-order valence-corrected chi connectivity index (χ0v) is 14.7. The molecule has 1 fully saturated rings. The van der Waals surface area contributed by atoms with E-state index in [4.69, 9.17) is 0 Å². The Kier molecular flexibility index (Phi) is 4.96. The summed E-state index contributed by atoms with van der Waals surface area (Å²) in [6, 6.07) is 0. The zero-order valence-electron chi connectivity index (χ0n) is 14.7. The zero-order chi connectivity index (χ0) is 18.1. The van der Waals surface area contributed by atoms with Crippen LogP contribution in [0.3, 0.4) is 0 Å². The fourth-order valence-electron chi connectivity index (χ4n) is 3.39. The number of aromatic nitrogens is 4. The van der Waals surface area contributed by atoms with Crippen molar-refractivity contribution in [1.29, 1.82) is 0 Å². The van der Waals surface area contributed by atoms with Gasteiger partial charge >= 0.3 is 5.69 Å². The molecular weight excluding hydrogens is 326 g/mol. The highest BCUT2D eigenvalue weighted by Gasteiger charge is 2.24. The lowest BCUT2D eigenvalue weighted by Crippen LogP contribution is -2.38. The number of aliphatic hydroxyl groups is 2. The van der Waals surface area contributed by atoms with Crippen LogP contribution >= 0.6 is 0 Å². The first-order valence-corrected chi connectivity index (χ1v) is 8.65. The Hall–Kier alpha value is -2.13. The van der Waals surface area contributed by atoms with E-state index >= 15 is 0 Å². The van der Waals surface area contributed by atoms with Crippen molar-refractivity contribution in [3.05, 3.63) is 20.8 Å². The Morgan fingerprint density at radius 3 is 2.32 bits per heavy atom. The van der Waals surface area contributed by atoms with E-state index in [1.807, 2.05) is 0 Å². The van der Waals surface area contributed by atoms with Crippen LogP contribution in [0.25, 0.3) is 11.2 Å². The summed E-state index contributed by atoms with van der Waals surface area (Å²) >= 11 is 0. The Morgan fingerprint density at radius 1 is 1.08 bits per heavy atom. The largest absolute Gasteiger partial charge is 0.394 e. The van der Waals surface area contributed by atoms with Crippen LogP contribution in [0.4, 0.5) is 5.95 Å². The molecule has 0 saturated carbocycles. The van der Waals surface area contributed by atoms with Crippen LogP contribution in [0.5, 0.6) is 0 Å². The highest BCUT2D eigenvalue weighted by molar-refractivity contribution is 5.74. The van der Waals surface area contributed by atoms with Crippen molar-refractivity contribution >= 4 is 17.1 Å². The molecule has 3 rings (SSSR count). The normalized spacial score (nSPS) is 17.0. The van der Waals surface area contributed by atoms with Crippen molar-refractivity contribution in [3.63, 3.8) is 0 Å². The summed E-state index contributed by atoms with van der Waals surface area (Å²) in [5.41, 5.74) is -0.307. The maximum Gasteiger partial charge on any atom is 0.332 e. The average molecular weight is 351 g/mol. The highest BCUT2D eigenvalue weighted by Crippen LogP contribution is 2.23. The van der Waals surface area contributed by atoms with Gasteiger partial charge in [-0.25, -0.2) is 4.79 Å². The third kappa shape index (κ3) is 3.09. The van der Waals surface area contributed by atoms with E-state index in [-0.39, 0.29) is 12.1 Å². The third-order valence-electron chi connectivity index (χ3n) is 4.82. The number of fused-ring (bicyclic) bond motifs is 1. The molecule has 2 N–H and O–H groups in total. The smallest absolute Gasteiger partial charge is 0.332 e. The summed E-state index contributed by atoms with van der Waals surface area (Å²) in [4.78, 5) is 31.6. The molecule has 0 bridgehead atoms. The minimum absolute atomic E-state index is 0.0479. The van der Waals surface area contributed by atoms with Crippen molar-refractivity contribution in [3.8, 4) is 0 Å². The van der Waals surface area contributed by atoms with Gasteiger partial charge < -0.3 is 19.7 Å². The van der Waals surface area contributed by atoms with Gasteiger partial charge in [0.1, 0.15) is 0 Å². The second-order valence-electron chi connectivity index (χ2n) is 6.64. The summed E-state index contributed by atoms with van der Waals surface area (Å²) < 4.78 is 4.03. The fourth-order valence-corrected chi connectivity index (χ4v) is 3.39. The Morgan fingerprint density at radius 2 is 1.72 bits per heavy atom. The summed E-state index contributed by atoms with van der Waals surface area (Å²) in [7, 11) is 3.01. The molecule has 1 aliphatic heterocycles. The van der Waals surface area contributed by atoms with Crippen molar-refractivity contribution < 1.29 is 10.2 Å². The number of anilines is 1. The minimum atomic E-state index is -1.01. The topological polar surface area (TPSA) is 106 Å². The Balaban J connectivity index is 2.26. The second-order valence-corrected chi connectivity index (χ2v) is 6.64. The van der Waals surface area contributed by atoms with E-state index in [1.165, 1.54) is 11.6 Å². The van der Waals surface area contributed by atoms with Gasteiger partial charge in [0.05, 0.1) is 19.3 Å². The van der Waals surface area contributed by atoms with Crippen LogP contribution in [0.15, 0.2) is 9.59 Å². The third-order valence-corrected chi connectivity index (χ3v) is 4.82. The molecule has 1 atom stereocenters. The van der Waals surface area contributed by atoms with E-state index in [9.17, 15) is 19.8 Å². The average Bonchev–Trinajstić information content (AvgIpc) is 2.79. The first kappa shape index (κ1) is 17.7. The van der Waals surface area contributed by atoms with Crippen LogP contribution in [-0.2, 0) is 20.6 Å². The molecule has 25 heavy (non-hydrogen) atoms. The summed E-state index contributed by atoms with van der Waals surface area (Å²) in [6.07, 6.45) is 3.35. The lowest BCUT2D eigenvalue weighted by Gasteiger charge is -2.23. The molecule has 0 unspecified atom stereocenters. The van der Waals surface area contributed by atoms with Gasteiger partial charge in [0, 0.05) is 27.2 Å². The molecule has 0 aromatic carbocycles. The van der Waals surface area contributed by atoms with Crippen LogP contribution < -0.4 is 16.1 Å². The molecule has 0 radical (unpaired) electrons. The molecule has 0 spiro atoms. The van der Waals surface area contributed by atoms with Crippen LogP contribution in [0.1, 0.15) is 25.7 Å². The first-order chi connectivity index (χ1) is 12.0. The number of rotatable bonds is 4. The SMILES string of the molecule is Cn1c(=O)c2c(nc(N3CCCCCC3)n2C[C@H](O)CO)n(C)c1=O. The van der Waals surface area contributed by atoms with Gasteiger partial charge in [-0.1, -0.05) is 12.8 Å². The lowest BCUT2D eigenvalue weighted by molar-refractivity contribution is 0.0823. The number of aliphatic hydroxyl groups excluding tert-OH is 2. The van der Waals surface area contributed by atoms with Crippen LogP contribution in [-0.4, -0.2) is 54.7 Å². The summed E-state index contributed by atoms with van der Waals surface area (Å²) in [5.74, 6) is 0.572. The molecule has 3 heterocycles. The molecule has 1 saturated heterocycles. The van der Waals surface area contributed by atoms with E-state index in [2.05, 4.69) is 9.88 Å². The van der Waals surface area contributed by atoms with Gasteiger partial charge in [0.25, 0.3) is 5.56 Å². The highest BCUT2D eigenvalue weighted by atomic mass is 16.3. The predicted octanol–water partition coefficient (Wildman–Crippen LogP) is -0.833. The van der Waals surface area contributed by atoms with Gasteiger partial charge in [0.15, 0.2) is 11.2 Å². The number of aryl methyl sites for hydroxylation is 1. The van der Waals surface area contributed by atoms with Crippen molar-refractivity contribution in [2.45, 2.75) is 38.3 Å². The molecule has 0 amide bonds. The molecule has 2 aromatic heterocycles. The minimum Gasteiger partial charge on any atom is -0.394 e. The molecule has 0 aliphatic carbocycles. The Bertz CT molecular complexity index is 873. The second kappa shape index (κ2) is 7.01. The van der Waals surface area contributed by atoms with Crippen molar-refractivity contribution in [1.82, 2.24) is 18.7 Å². The van der Waals surface area contributed by atoms with Crippen molar-refractivity contribution in [2.75, 3.05) is 24.6 Å². The summed E-state index contributed by atoms with van der Waals surface area (Å²) in [5, 5.41) is 19.2. The molecule has 138 valence electrons. The standard InChI is InChI=1S/C16H25N5O4/c1-18-13-12(14(24)19(2)16(18)25)21(9-11(23)10-22)15(17-13)20-7-5-3-4-6-8-20/h11,22-23H,3-10H2,1-2H3/t11-/m0/s1. The van der Waals surface area contributed by atoms with Gasteiger partial charge in [-0.15, -0.1) is 0 Å². The van der Waals surface area contributed by atoms with Gasteiger partial charge in [-0.2, -0.15) is 4.98 Å². The van der Waals surface area contributed by atoms with Gasteiger partial charge in [0.2, 0.25) is 5.95 Å². The lowest BCUT2D eigenvalue weighted by atomic mass is 10.2. The number of hydrogen-bond donors (Lipinski definition) is 2. The quantitative estimate of drug-likeness (QED) is 0.745. The number of nitrogens with zero attached hydrogens (tertiary/aromatic N) is 5. The van der Waals surface area contributed by atoms with E-state index in [0.717, 1.165) is 43.3 Å². The number of imidazole rings is 1. The summed E-state index contributed by atoms with van der Waals surface area (Å²) in [6.45, 7) is 1.26. The fraction of sp³-hybridized carbons (Fsp3) is 0.688. The molecule has 9 heteroatoms. The van der Waals surface area contributed by atoms with Gasteiger partial charge in [-0.3, -0.25) is 13.9 Å². The maximum absolute atomic E-state index is 12.7. The van der Waals surface area contributed by atoms with Crippen molar-refractivity contribution in [2.24, 2.45) is 14.1 Å².